The molecule has 7 heavy (non-hydrogen) atoms. The summed E-state index contributed by atoms with van der Waals surface area (Å²) in [4.78, 5) is 0. The second-order valence-electron chi connectivity index (χ2n) is 1.69. The summed E-state index contributed by atoms with van der Waals surface area (Å²) in [5, 5.41) is 8.88. The molecule has 0 aromatic rings. The van der Waals surface area contributed by atoms with E-state index >= 15 is 0 Å². The van der Waals surface area contributed by atoms with E-state index in [1.54, 1.807) is 6.92 Å². The molecule has 0 amide bonds. The Balaban J connectivity index is 3.58. The Labute approximate surface area is 48.6 Å². The molecule has 0 fully saturated rings. The summed E-state index contributed by atoms with van der Waals surface area (Å²) in [5.41, 5.74) is -0.887. The first-order valence-electron chi connectivity index (χ1n) is 2.04. The first-order chi connectivity index (χ1) is 3.12. The largest absolute Gasteiger partial charge is 0.385 e. The fraction of sp³-hybridized carbons (Fsp3) is 0.600. The van der Waals surface area contributed by atoms with Gasteiger partial charge in [-0.1, -0.05) is 6.08 Å². The Hall–Kier alpha value is -0.0100. The lowest BCUT2D eigenvalue weighted by Crippen LogP contribution is -2.21. The molecule has 2 heteroatoms. The van der Waals surface area contributed by atoms with Gasteiger partial charge in [-0.3, -0.25) is 0 Å². The molecule has 1 unspecified atom stereocenters. The van der Waals surface area contributed by atoms with E-state index in [0.717, 1.165) is 0 Å². The number of rotatable bonds is 2. The minimum atomic E-state index is -0.887. The first kappa shape index (κ1) is 6.99. The molecule has 0 saturated heterocycles. The highest BCUT2D eigenvalue weighted by Crippen LogP contribution is 2.04. The molecule has 0 aromatic heterocycles. The minimum Gasteiger partial charge on any atom is -0.385 e. The molecule has 0 rings (SSSR count). The fourth-order valence-electron chi connectivity index (χ4n) is 0.0546. The number of alkyl halides is 1. The number of hydrogen-bond acceptors (Lipinski definition) is 1. The molecule has 0 radical (unpaired) electrons. The van der Waals surface area contributed by atoms with Crippen LogP contribution in [0.1, 0.15) is 6.92 Å². The van der Waals surface area contributed by atoms with Crippen molar-refractivity contribution in [1.29, 1.82) is 0 Å². The van der Waals surface area contributed by atoms with Crippen molar-refractivity contribution in [3.05, 3.63) is 12.7 Å². The Morgan fingerprint density at radius 2 is 2.43 bits per heavy atom. The van der Waals surface area contributed by atoms with Gasteiger partial charge in [-0.05, 0) is 6.92 Å². The zero-order valence-corrected chi connectivity index (χ0v) is 5.07. The van der Waals surface area contributed by atoms with E-state index in [2.05, 4.69) is 6.58 Å². The molecular weight excluding hydrogens is 112 g/mol. The topological polar surface area (TPSA) is 20.2 Å². The molecule has 1 atom stereocenters. The highest BCUT2D eigenvalue weighted by Gasteiger charge is 2.11. The van der Waals surface area contributed by atoms with Crippen LogP contribution in [0.3, 0.4) is 0 Å². The van der Waals surface area contributed by atoms with Gasteiger partial charge >= 0.3 is 0 Å². The van der Waals surface area contributed by atoms with Gasteiger partial charge in [0.1, 0.15) is 0 Å². The van der Waals surface area contributed by atoms with E-state index in [4.69, 9.17) is 16.7 Å². The van der Waals surface area contributed by atoms with Crippen molar-refractivity contribution >= 4 is 11.6 Å². The summed E-state index contributed by atoms with van der Waals surface area (Å²) in [5.74, 6) is 0.205. The van der Waals surface area contributed by atoms with Crippen LogP contribution in [0.25, 0.3) is 0 Å². The molecule has 0 aliphatic carbocycles. The predicted octanol–water partition coefficient (Wildman–Crippen LogP) is 1.16. The zero-order chi connectivity index (χ0) is 5.91. The number of aliphatic hydroxyl groups is 1. The maximum atomic E-state index is 8.88. The highest BCUT2D eigenvalue weighted by atomic mass is 35.5. The second kappa shape index (κ2) is 2.34. The lowest BCUT2D eigenvalue weighted by molar-refractivity contribution is 0.137. The van der Waals surface area contributed by atoms with Crippen LogP contribution in [0.15, 0.2) is 12.7 Å². The normalized spacial score (nSPS) is 18.1. The van der Waals surface area contributed by atoms with Gasteiger partial charge < -0.3 is 5.11 Å². The summed E-state index contributed by atoms with van der Waals surface area (Å²) >= 11 is 5.27. The zero-order valence-electron chi connectivity index (χ0n) is 4.32. The Kier molecular flexibility index (Phi) is 2.33. The Bertz CT molecular complexity index is 68.5. The monoisotopic (exact) mass is 120 g/mol. The van der Waals surface area contributed by atoms with Crippen molar-refractivity contribution in [3.8, 4) is 0 Å². The van der Waals surface area contributed by atoms with Gasteiger partial charge in [-0.25, -0.2) is 0 Å². The summed E-state index contributed by atoms with van der Waals surface area (Å²) in [7, 11) is 0. The van der Waals surface area contributed by atoms with Crippen LogP contribution in [0.2, 0.25) is 0 Å². The quantitative estimate of drug-likeness (QED) is 0.428. The smallest absolute Gasteiger partial charge is 0.0931 e. The van der Waals surface area contributed by atoms with Crippen molar-refractivity contribution < 1.29 is 5.11 Å². The van der Waals surface area contributed by atoms with Gasteiger partial charge in [0.2, 0.25) is 0 Å². The predicted molar refractivity (Wildman–Crippen MR) is 31.5 cm³/mol. The van der Waals surface area contributed by atoms with Crippen LogP contribution in [0, 0.1) is 0 Å². The van der Waals surface area contributed by atoms with Crippen molar-refractivity contribution in [2.75, 3.05) is 5.88 Å². The molecule has 0 spiro atoms. The number of halogens is 1. The lowest BCUT2D eigenvalue weighted by atomic mass is 10.1. The van der Waals surface area contributed by atoms with Crippen molar-refractivity contribution in [3.63, 3.8) is 0 Å². The average Bonchev–Trinajstić information content (AvgIpc) is 1.68. The summed E-state index contributed by atoms with van der Waals surface area (Å²) in [6.07, 6.45) is 1.42. The average molecular weight is 121 g/mol. The van der Waals surface area contributed by atoms with E-state index in [-0.39, 0.29) is 5.88 Å². The summed E-state index contributed by atoms with van der Waals surface area (Å²) < 4.78 is 0. The fourth-order valence-corrected chi connectivity index (χ4v) is 0.164. The van der Waals surface area contributed by atoms with Crippen LogP contribution in [0.5, 0.6) is 0 Å². The van der Waals surface area contributed by atoms with Crippen molar-refractivity contribution in [2.24, 2.45) is 0 Å². The van der Waals surface area contributed by atoms with Crippen LogP contribution in [-0.4, -0.2) is 16.6 Å². The third kappa shape index (κ3) is 2.66. The number of hydrogen-bond donors (Lipinski definition) is 1. The molecule has 1 nitrogen and oxygen atoms in total. The molecule has 42 valence electrons. The molecule has 1 N–H and O–H groups in total. The molecule has 0 heterocycles. The van der Waals surface area contributed by atoms with Gasteiger partial charge in [0.25, 0.3) is 0 Å². The van der Waals surface area contributed by atoms with Crippen molar-refractivity contribution in [1.82, 2.24) is 0 Å². The van der Waals surface area contributed by atoms with Gasteiger partial charge in [0.15, 0.2) is 0 Å². The lowest BCUT2D eigenvalue weighted by Gasteiger charge is -2.11. The van der Waals surface area contributed by atoms with E-state index in [1.165, 1.54) is 6.08 Å². The molecule has 0 saturated carbocycles. The molecule has 0 aliphatic heterocycles. The van der Waals surface area contributed by atoms with Crippen LogP contribution in [0.4, 0.5) is 0 Å². The Morgan fingerprint density at radius 3 is 2.43 bits per heavy atom. The van der Waals surface area contributed by atoms with Gasteiger partial charge in [0.05, 0.1) is 11.5 Å². The van der Waals surface area contributed by atoms with E-state index < -0.39 is 5.60 Å². The third-order valence-corrected chi connectivity index (χ3v) is 1.25. The molecule has 0 aliphatic rings. The SMILES string of the molecule is C=CC(C)(O)CCl. The Morgan fingerprint density at radius 1 is 2.00 bits per heavy atom. The van der Waals surface area contributed by atoms with Gasteiger partial charge in [-0.2, -0.15) is 0 Å². The van der Waals surface area contributed by atoms with Crippen LogP contribution < -0.4 is 0 Å². The van der Waals surface area contributed by atoms with E-state index in [1.807, 2.05) is 0 Å². The van der Waals surface area contributed by atoms with Gasteiger partial charge in [-0.15, -0.1) is 18.2 Å². The van der Waals surface area contributed by atoms with Crippen LogP contribution >= 0.6 is 11.6 Å². The van der Waals surface area contributed by atoms with E-state index in [0.29, 0.717) is 0 Å². The van der Waals surface area contributed by atoms with Crippen molar-refractivity contribution in [2.45, 2.75) is 12.5 Å². The molecule has 0 aromatic carbocycles. The standard InChI is InChI=1S/C5H9ClO/c1-3-5(2,7)4-6/h3,7H,1,4H2,2H3. The summed E-state index contributed by atoms with van der Waals surface area (Å²) in [6.45, 7) is 4.97. The minimum absolute atomic E-state index is 0.205. The first-order valence-corrected chi connectivity index (χ1v) is 2.58. The summed E-state index contributed by atoms with van der Waals surface area (Å²) in [6, 6.07) is 0. The van der Waals surface area contributed by atoms with Gasteiger partial charge in [0, 0.05) is 0 Å². The third-order valence-electron chi connectivity index (χ3n) is 0.710. The maximum Gasteiger partial charge on any atom is 0.0931 e. The highest BCUT2D eigenvalue weighted by molar-refractivity contribution is 6.18. The maximum absolute atomic E-state index is 8.88. The van der Waals surface area contributed by atoms with Crippen LogP contribution in [-0.2, 0) is 0 Å². The molecular formula is C5H9ClO. The van der Waals surface area contributed by atoms with E-state index in [9.17, 15) is 0 Å². The molecule has 0 bridgehead atoms. The second-order valence-corrected chi connectivity index (χ2v) is 1.96.